The number of alkyl halides is 2. The lowest BCUT2D eigenvalue weighted by Gasteiger charge is -2.18. The van der Waals surface area contributed by atoms with Crippen LogP contribution in [-0.2, 0) is 13.6 Å². The highest BCUT2D eigenvalue weighted by Crippen LogP contribution is 2.49. The molecule has 7 heteroatoms. The van der Waals surface area contributed by atoms with Crippen LogP contribution in [0.3, 0.4) is 0 Å². The van der Waals surface area contributed by atoms with Gasteiger partial charge in [0.1, 0.15) is 5.75 Å². The highest BCUT2D eigenvalue weighted by molar-refractivity contribution is 7.48. The molecule has 1 aromatic carbocycles. The number of phosphoric acid groups is 1. The first-order valence-corrected chi connectivity index (χ1v) is 8.49. The zero-order valence-corrected chi connectivity index (χ0v) is 12.9. The van der Waals surface area contributed by atoms with Crippen LogP contribution >= 0.6 is 31.0 Å². The van der Waals surface area contributed by atoms with E-state index in [0.29, 0.717) is 30.4 Å². The summed E-state index contributed by atoms with van der Waals surface area (Å²) in [7, 11) is -3.62. The van der Waals surface area contributed by atoms with Crippen LogP contribution in [0.25, 0.3) is 0 Å². The van der Waals surface area contributed by atoms with Crippen LogP contribution in [0.5, 0.6) is 5.75 Å². The van der Waals surface area contributed by atoms with Crippen molar-refractivity contribution in [1.29, 1.82) is 0 Å². The molecule has 0 spiro atoms. The molecule has 0 saturated carbocycles. The van der Waals surface area contributed by atoms with Gasteiger partial charge >= 0.3 is 7.82 Å². The van der Waals surface area contributed by atoms with E-state index in [0.717, 1.165) is 0 Å². The summed E-state index contributed by atoms with van der Waals surface area (Å²) in [5.74, 6) is 1.28. The Kier molecular flexibility index (Phi) is 8.51. The molecule has 0 heterocycles. The van der Waals surface area contributed by atoms with E-state index in [1.807, 2.05) is 6.07 Å². The van der Waals surface area contributed by atoms with Gasteiger partial charge in [-0.3, -0.25) is 9.05 Å². The molecule has 4 nitrogen and oxygen atoms in total. The van der Waals surface area contributed by atoms with E-state index in [1.54, 1.807) is 24.3 Å². The summed E-state index contributed by atoms with van der Waals surface area (Å²) in [6.07, 6.45) is 1.14. The molecule has 0 unspecified atom stereocenters. The van der Waals surface area contributed by atoms with Gasteiger partial charge in [0.2, 0.25) is 0 Å². The van der Waals surface area contributed by atoms with Crippen molar-refractivity contribution in [3.05, 3.63) is 30.3 Å². The molecule has 0 bridgehead atoms. The van der Waals surface area contributed by atoms with Gasteiger partial charge in [-0.1, -0.05) is 18.2 Å². The van der Waals surface area contributed by atoms with Crippen molar-refractivity contribution in [1.82, 2.24) is 0 Å². The Bertz CT molecular complexity index is 375. The number of phosphoric ester groups is 1. The molecule has 0 saturated heterocycles. The molecule has 0 atom stereocenters. The lowest BCUT2D eigenvalue weighted by atomic mass is 10.3. The highest BCUT2D eigenvalue weighted by Gasteiger charge is 2.28. The zero-order chi connectivity index (χ0) is 14.0. The summed E-state index contributed by atoms with van der Waals surface area (Å²) in [6.45, 7) is 0.434. The van der Waals surface area contributed by atoms with E-state index < -0.39 is 7.82 Å². The Morgan fingerprint density at radius 2 is 1.47 bits per heavy atom. The van der Waals surface area contributed by atoms with Crippen molar-refractivity contribution in [2.45, 2.75) is 12.8 Å². The molecule has 1 aromatic rings. The molecule has 0 N–H and O–H groups in total. The lowest BCUT2D eigenvalue weighted by molar-refractivity contribution is 0.156. The van der Waals surface area contributed by atoms with Gasteiger partial charge in [-0.25, -0.2) is 4.57 Å². The second kappa shape index (κ2) is 9.62. The number of rotatable bonds is 10. The fraction of sp³-hybridized carbons (Fsp3) is 0.500. The molecule has 0 radical (unpaired) electrons. The van der Waals surface area contributed by atoms with E-state index in [-0.39, 0.29) is 13.2 Å². The third-order valence-electron chi connectivity index (χ3n) is 2.02. The molecular formula is C12H17Cl2O4P. The van der Waals surface area contributed by atoms with Crippen LogP contribution in [0.1, 0.15) is 12.8 Å². The molecule has 108 valence electrons. The summed E-state index contributed by atoms with van der Waals surface area (Å²) in [5.41, 5.74) is 0. The van der Waals surface area contributed by atoms with Crippen molar-refractivity contribution >= 4 is 31.0 Å². The molecule has 0 amide bonds. The molecule has 0 aromatic heterocycles. The predicted octanol–water partition coefficient (Wildman–Crippen LogP) is 4.46. The molecule has 1 rings (SSSR count). The quantitative estimate of drug-likeness (QED) is 0.361. The van der Waals surface area contributed by atoms with E-state index >= 15 is 0 Å². The van der Waals surface area contributed by atoms with Crippen LogP contribution in [0.15, 0.2) is 30.3 Å². The minimum Gasteiger partial charge on any atom is -0.404 e. The van der Waals surface area contributed by atoms with Gasteiger partial charge in [0, 0.05) is 11.8 Å². The zero-order valence-electron chi connectivity index (χ0n) is 10.5. The Morgan fingerprint density at radius 1 is 0.947 bits per heavy atom. The predicted molar refractivity (Wildman–Crippen MR) is 77.3 cm³/mol. The normalized spacial score (nSPS) is 11.5. The van der Waals surface area contributed by atoms with Gasteiger partial charge in [0.15, 0.2) is 0 Å². The topological polar surface area (TPSA) is 44.8 Å². The van der Waals surface area contributed by atoms with Crippen molar-refractivity contribution in [2.24, 2.45) is 0 Å². The fourth-order valence-corrected chi connectivity index (χ4v) is 2.65. The van der Waals surface area contributed by atoms with E-state index in [9.17, 15) is 4.57 Å². The van der Waals surface area contributed by atoms with Crippen LogP contribution in [0.2, 0.25) is 0 Å². The van der Waals surface area contributed by atoms with Gasteiger partial charge in [0.05, 0.1) is 13.2 Å². The largest absolute Gasteiger partial charge is 0.530 e. The Balaban J connectivity index is 2.59. The fourth-order valence-electron chi connectivity index (χ4n) is 1.16. The maximum absolute atomic E-state index is 12.4. The Hall–Kier alpha value is -0.250. The SMILES string of the molecule is O=P(OCCCCl)(OCCCCl)Oc1ccccc1. The van der Waals surface area contributed by atoms with Crippen molar-refractivity contribution in [3.63, 3.8) is 0 Å². The maximum atomic E-state index is 12.4. The number of benzene rings is 1. The molecule has 0 fully saturated rings. The van der Waals surface area contributed by atoms with Crippen molar-refractivity contribution < 1.29 is 18.1 Å². The standard InChI is InChI=1S/C12H17Cl2O4P/c13-8-4-10-16-19(15,17-11-5-9-14)18-12-6-2-1-3-7-12/h1-3,6-7H,4-5,8-11H2. The Labute approximate surface area is 123 Å². The molecule has 19 heavy (non-hydrogen) atoms. The van der Waals surface area contributed by atoms with Gasteiger partial charge in [-0.15, -0.1) is 23.2 Å². The van der Waals surface area contributed by atoms with Crippen LogP contribution in [-0.4, -0.2) is 25.0 Å². The second-order valence-corrected chi connectivity index (χ2v) is 5.95. The van der Waals surface area contributed by atoms with Gasteiger partial charge in [-0.2, -0.15) is 0 Å². The van der Waals surface area contributed by atoms with Gasteiger partial charge in [-0.05, 0) is 25.0 Å². The minimum absolute atomic E-state index is 0.217. The second-order valence-electron chi connectivity index (χ2n) is 3.60. The average Bonchev–Trinajstić information content (AvgIpc) is 2.40. The number of halogens is 2. The number of hydrogen-bond acceptors (Lipinski definition) is 4. The lowest BCUT2D eigenvalue weighted by Crippen LogP contribution is -2.05. The smallest absolute Gasteiger partial charge is 0.404 e. The first-order valence-electron chi connectivity index (χ1n) is 5.96. The van der Waals surface area contributed by atoms with E-state index in [1.165, 1.54) is 0 Å². The first-order chi connectivity index (χ1) is 9.20. The molecule has 0 aliphatic carbocycles. The minimum atomic E-state index is -3.62. The van der Waals surface area contributed by atoms with Crippen LogP contribution < -0.4 is 4.52 Å². The third-order valence-corrected chi connectivity index (χ3v) is 3.98. The average molecular weight is 327 g/mol. The summed E-state index contributed by atoms with van der Waals surface area (Å²) >= 11 is 11.1. The molecule has 0 aliphatic rings. The maximum Gasteiger partial charge on any atom is 0.530 e. The summed E-state index contributed by atoms with van der Waals surface area (Å²) < 4.78 is 28.1. The number of hydrogen-bond donors (Lipinski definition) is 0. The number of para-hydroxylation sites is 1. The van der Waals surface area contributed by atoms with Crippen molar-refractivity contribution in [2.75, 3.05) is 25.0 Å². The Morgan fingerprint density at radius 3 is 1.95 bits per heavy atom. The summed E-state index contributed by atoms with van der Waals surface area (Å²) in [5, 5.41) is 0. The monoisotopic (exact) mass is 326 g/mol. The molecular weight excluding hydrogens is 310 g/mol. The van der Waals surface area contributed by atoms with Crippen LogP contribution in [0, 0.1) is 0 Å². The third kappa shape index (κ3) is 7.19. The van der Waals surface area contributed by atoms with E-state index in [2.05, 4.69) is 0 Å². The first kappa shape index (κ1) is 16.8. The molecule has 0 aliphatic heterocycles. The van der Waals surface area contributed by atoms with Crippen LogP contribution in [0.4, 0.5) is 0 Å². The van der Waals surface area contributed by atoms with E-state index in [4.69, 9.17) is 36.8 Å². The highest BCUT2D eigenvalue weighted by atomic mass is 35.5. The summed E-state index contributed by atoms with van der Waals surface area (Å²) in [4.78, 5) is 0. The van der Waals surface area contributed by atoms with Gasteiger partial charge < -0.3 is 4.52 Å². The van der Waals surface area contributed by atoms with Gasteiger partial charge in [0.25, 0.3) is 0 Å². The summed E-state index contributed by atoms with van der Waals surface area (Å²) in [6, 6.07) is 8.75. The van der Waals surface area contributed by atoms with Crippen molar-refractivity contribution in [3.8, 4) is 5.75 Å².